The number of ether oxygens (including phenoxy) is 4. The van der Waals surface area contributed by atoms with Crippen molar-refractivity contribution >= 4 is 105 Å². The maximum atomic E-state index is 14.8. The minimum atomic E-state index is -0.695. The van der Waals surface area contributed by atoms with Gasteiger partial charge in [-0.3, -0.25) is 0 Å². The molecule has 0 saturated heterocycles. The number of phenolic OH excluding ortho intramolecular Hbond substituents is 3. The number of fused-ring (bicyclic) bond motifs is 3. The van der Waals surface area contributed by atoms with Gasteiger partial charge in [0.15, 0.2) is 46.4 Å². The third kappa shape index (κ3) is 17.5. The molecule has 29 heteroatoms. The number of allylic oxidation sites excluding steroid dienone is 3. The van der Waals surface area contributed by atoms with E-state index in [1.54, 1.807) is 39.3 Å². The Bertz CT molecular complexity index is 4640. The minimum Gasteiger partial charge on any atom is -0.508 e. The van der Waals surface area contributed by atoms with Gasteiger partial charge in [0, 0.05) is 90.6 Å². The number of phenols is 3. The lowest BCUT2D eigenvalue weighted by molar-refractivity contribution is 0.140. The molecule has 3 heterocycles. The molecular formula is C74H84F3N19O7. The lowest BCUT2D eigenvalue weighted by atomic mass is 9.93. The van der Waals surface area contributed by atoms with Gasteiger partial charge in [0.25, 0.3) is 0 Å². The second kappa shape index (κ2) is 33.6. The number of halogens is 3. The second-order valence-corrected chi connectivity index (χ2v) is 24.4. The number of anilines is 15. The third-order valence-electron chi connectivity index (χ3n) is 17.3. The van der Waals surface area contributed by atoms with Crippen LogP contribution in [0.4, 0.5) is 99.7 Å². The van der Waals surface area contributed by atoms with E-state index in [0.29, 0.717) is 79.9 Å². The summed E-state index contributed by atoms with van der Waals surface area (Å²) < 4.78 is 66.2. The van der Waals surface area contributed by atoms with E-state index < -0.39 is 23.2 Å². The van der Waals surface area contributed by atoms with Gasteiger partial charge in [0.2, 0.25) is 23.6 Å². The van der Waals surface area contributed by atoms with Gasteiger partial charge in [-0.2, -0.15) is 15.0 Å². The minimum absolute atomic E-state index is 0.00166. The molecule has 9 aromatic rings. The van der Waals surface area contributed by atoms with Crippen LogP contribution in [0.5, 0.6) is 40.2 Å². The van der Waals surface area contributed by atoms with Gasteiger partial charge in [-0.05, 0) is 165 Å². The quantitative estimate of drug-likeness (QED) is 0.0177. The van der Waals surface area contributed by atoms with Crippen LogP contribution in [0, 0.1) is 31.3 Å². The van der Waals surface area contributed by atoms with E-state index in [1.807, 2.05) is 31.2 Å². The fourth-order valence-corrected chi connectivity index (χ4v) is 12.2. The van der Waals surface area contributed by atoms with E-state index in [1.165, 1.54) is 25.3 Å². The Morgan fingerprint density at radius 3 is 1.27 bits per heavy atom. The van der Waals surface area contributed by atoms with E-state index >= 15 is 0 Å². The predicted octanol–water partition coefficient (Wildman–Crippen LogP) is 12.5. The number of aromatic hydroxyl groups is 3. The Kier molecular flexibility index (Phi) is 23.6. The zero-order chi connectivity index (χ0) is 72.7. The Morgan fingerprint density at radius 2 is 0.874 bits per heavy atom. The molecule has 1 saturated carbocycles. The average molecular weight is 1410 g/mol. The number of nitrogens with zero attached hydrogens (tertiary/aromatic N) is 6. The lowest BCUT2D eigenvalue weighted by Gasteiger charge is -2.28. The van der Waals surface area contributed by atoms with Crippen LogP contribution < -0.4 is 89.7 Å². The van der Waals surface area contributed by atoms with Crippen molar-refractivity contribution in [3.05, 3.63) is 172 Å². The number of nitrogens with one attached hydrogen (secondary N) is 9. The number of rotatable bonds is 26. The molecule has 103 heavy (non-hydrogen) atoms. The summed E-state index contributed by atoms with van der Waals surface area (Å²) in [6.07, 6.45) is 21.0. The molecule has 0 unspecified atom stereocenters. The van der Waals surface area contributed by atoms with E-state index in [2.05, 4.69) is 126 Å². The summed E-state index contributed by atoms with van der Waals surface area (Å²) in [6.45, 7) is 7.06. The third-order valence-corrected chi connectivity index (χ3v) is 17.3. The molecule has 1 fully saturated rings. The molecular weight excluding hydrogens is 1320 g/mol. The molecule has 0 radical (unpaired) electrons. The zero-order valence-corrected chi connectivity index (χ0v) is 57.6. The maximum Gasteiger partial charge on any atom is 0.229 e. The second-order valence-electron chi connectivity index (χ2n) is 24.4. The summed E-state index contributed by atoms with van der Waals surface area (Å²) in [6, 6.07) is 21.5. The van der Waals surface area contributed by atoms with E-state index in [-0.39, 0.29) is 70.4 Å². The van der Waals surface area contributed by atoms with Crippen molar-refractivity contribution in [2.24, 2.45) is 22.9 Å². The number of hydrogen-bond donors (Lipinski definition) is 16. The fraction of sp³-hybridized carbons (Fsp3) is 0.270. The molecule has 0 aliphatic heterocycles. The van der Waals surface area contributed by atoms with Crippen LogP contribution in [0.15, 0.2) is 110 Å². The van der Waals surface area contributed by atoms with E-state index in [9.17, 15) is 28.5 Å². The molecule has 2 atom stereocenters. The highest BCUT2D eigenvalue weighted by atomic mass is 19.1. The van der Waals surface area contributed by atoms with Gasteiger partial charge in [-0.25, -0.2) is 28.1 Å². The average Bonchev–Trinajstić information content (AvgIpc) is 1.82. The summed E-state index contributed by atoms with van der Waals surface area (Å²) in [5, 5.41) is 58.9. The standard InChI is InChI=1S/C27H32FN7O3.C24H27FN6O2.C23H25FN6O2/c28-20-14-32-27(34-22-13-17(31-10-9-29)11-15-3-1-6-19(15)22)35-26(20)33-21-7-8-23(36)24(37)25(21)38-18-5-2-4-16(30)12-18;1-14-21(32-2)8-7-19(22(14)33-3)29-23-18(25)13-28-24(31-23)30-20-12-16(27-10-9-26)11-15-5-4-6-17(15)20;1-13-20(31)7-6-18(21(13)32-2)28-22-17(24)12-27-23(30-22)29-19-11-15(26-9-8-25)10-14-4-3-5-16(14)19/h1,3,7-8,11,13-14,16,18,31,36-37H,2,4-6,9-10,12,29-30H2,(H2,32,33,34,35);4-5,7-8,11-13,27H,6,9-10,26H2,1-3H3,(H2,28,29,30,31);3-4,6-7,10-12,26,31H,5,8-9,25H2,1-2H3,(H2,27,28,29,30)/t16-,18+;;/m0../s1. The van der Waals surface area contributed by atoms with Crippen LogP contribution in [0.2, 0.25) is 0 Å². The van der Waals surface area contributed by atoms with E-state index in [4.69, 9.17) is 41.9 Å². The highest BCUT2D eigenvalue weighted by molar-refractivity contribution is 5.81. The SMILES string of the molecule is COc1c(Nc2nc(Nc3cc(NCCN)cc4c3CC=C4)ncc2F)ccc(O)c1C.COc1ccc(Nc2nc(Nc3cc(NCCN)cc4c3CC=C4)ncc2F)c(OC)c1C.NCCNc1cc2c(c(Nc3ncc(F)c(Nc4ccc(O)c(O)c4O[C@@H]4CCC[C@H](N)C4)n3)c1)CC=C2. The number of methoxy groups -OCH3 is 3. The topological polar surface area (TPSA) is 387 Å². The highest BCUT2D eigenvalue weighted by Gasteiger charge is 2.27. The van der Waals surface area contributed by atoms with Gasteiger partial charge in [-0.15, -0.1) is 0 Å². The lowest BCUT2D eigenvalue weighted by Crippen LogP contribution is -2.33. The Labute approximate surface area is 593 Å². The largest absolute Gasteiger partial charge is 0.508 e. The molecule has 0 bridgehead atoms. The summed E-state index contributed by atoms with van der Waals surface area (Å²) in [5.74, 6) is -0.363. The van der Waals surface area contributed by atoms with Crippen LogP contribution in [-0.2, 0) is 19.3 Å². The van der Waals surface area contributed by atoms with Gasteiger partial charge in [0.1, 0.15) is 29.1 Å². The van der Waals surface area contributed by atoms with Crippen LogP contribution in [0.25, 0.3) is 18.2 Å². The fourth-order valence-electron chi connectivity index (χ4n) is 12.2. The smallest absolute Gasteiger partial charge is 0.229 e. The van der Waals surface area contributed by atoms with Crippen LogP contribution >= 0.6 is 0 Å². The van der Waals surface area contributed by atoms with Crippen molar-refractivity contribution in [1.29, 1.82) is 0 Å². The number of aromatic nitrogens is 6. The van der Waals surface area contributed by atoms with Crippen molar-refractivity contribution in [3.63, 3.8) is 0 Å². The normalized spacial score (nSPS) is 14.2. The molecule has 3 aromatic heterocycles. The van der Waals surface area contributed by atoms with Gasteiger partial charge in [0.05, 0.1) is 57.0 Å². The first-order chi connectivity index (χ1) is 49.9. The first-order valence-corrected chi connectivity index (χ1v) is 33.5. The summed E-state index contributed by atoms with van der Waals surface area (Å²) in [5.41, 5.74) is 37.4. The summed E-state index contributed by atoms with van der Waals surface area (Å²) in [4.78, 5) is 25.4. The Hall–Kier alpha value is -11.8. The molecule has 6 aromatic carbocycles. The maximum absolute atomic E-state index is 14.8. The Morgan fingerprint density at radius 1 is 0.476 bits per heavy atom. The molecule has 4 aliphatic carbocycles. The molecule has 20 N–H and O–H groups in total. The van der Waals surface area contributed by atoms with Crippen molar-refractivity contribution in [2.75, 3.05) is 108 Å². The van der Waals surface area contributed by atoms with Gasteiger partial charge < -0.3 is 105 Å². The van der Waals surface area contributed by atoms with E-state index in [0.717, 1.165) is 130 Å². The molecule has 4 aliphatic rings. The number of nitrogens with two attached hydrogens (primary N) is 4. The summed E-state index contributed by atoms with van der Waals surface area (Å²) >= 11 is 0. The molecule has 0 spiro atoms. The predicted molar refractivity (Wildman–Crippen MR) is 400 cm³/mol. The van der Waals surface area contributed by atoms with Gasteiger partial charge in [-0.1, -0.05) is 36.5 Å². The van der Waals surface area contributed by atoms with Crippen LogP contribution in [0.3, 0.4) is 0 Å². The zero-order valence-electron chi connectivity index (χ0n) is 57.6. The number of hydrogen-bond acceptors (Lipinski definition) is 26. The Balaban J connectivity index is 0.000000156. The van der Waals surface area contributed by atoms with Crippen LogP contribution in [-0.4, -0.2) is 118 Å². The monoisotopic (exact) mass is 1410 g/mol. The summed E-state index contributed by atoms with van der Waals surface area (Å²) in [7, 11) is 4.62. The van der Waals surface area contributed by atoms with Crippen molar-refractivity contribution in [2.45, 2.75) is 70.9 Å². The van der Waals surface area contributed by atoms with Gasteiger partial charge >= 0.3 is 0 Å². The number of benzene rings is 6. The first-order valence-electron chi connectivity index (χ1n) is 33.5. The molecule has 538 valence electrons. The molecule has 26 nitrogen and oxygen atoms in total. The van der Waals surface area contributed by atoms with Crippen molar-refractivity contribution in [1.82, 2.24) is 29.9 Å². The van der Waals surface area contributed by atoms with Crippen LogP contribution in [0.1, 0.15) is 70.2 Å². The van der Waals surface area contributed by atoms with Crippen molar-refractivity contribution in [3.8, 4) is 40.2 Å². The highest BCUT2D eigenvalue weighted by Crippen LogP contribution is 2.45. The van der Waals surface area contributed by atoms with Crippen molar-refractivity contribution < 1.29 is 47.4 Å². The molecule has 0 amide bonds. The first kappa shape index (κ1) is 72.5. The molecule has 13 rings (SSSR count).